The molecule has 1 fully saturated rings. The van der Waals surface area contributed by atoms with Crippen LogP contribution in [-0.2, 0) is 16.6 Å². The lowest BCUT2D eigenvalue weighted by molar-refractivity contribution is 0.316. The summed E-state index contributed by atoms with van der Waals surface area (Å²) in [5, 5.41) is 6.85. The number of sulfonamides is 1. The fourth-order valence-corrected chi connectivity index (χ4v) is 3.68. The van der Waals surface area contributed by atoms with E-state index < -0.39 is 10.0 Å². The van der Waals surface area contributed by atoms with Gasteiger partial charge in [0.1, 0.15) is 0 Å². The molecule has 0 radical (unpaired) electrons. The topological polar surface area (TPSA) is 82.6 Å². The van der Waals surface area contributed by atoms with Gasteiger partial charge >= 0.3 is 0 Å². The molecule has 1 aromatic carbocycles. The Morgan fingerprint density at radius 3 is 2.76 bits per heavy atom. The first-order valence-electron chi connectivity index (χ1n) is 8.72. The summed E-state index contributed by atoms with van der Waals surface area (Å²) in [5.74, 6) is 1.14. The molecule has 3 N–H and O–H groups in total. The summed E-state index contributed by atoms with van der Waals surface area (Å²) in [6, 6.07) is 7.52. The lowest BCUT2D eigenvalue weighted by Gasteiger charge is -2.25. The van der Waals surface area contributed by atoms with Crippen LogP contribution >= 0.6 is 11.6 Å². The van der Waals surface area contributed by atoms with Crippen molar-refractivity contribution in [3.8, 4) is 0 Å². The highest BCUT2D eigenvalue weighted by molar-refractivity contribution is 7.89. The minimum absolute atomic E-state index is 0.0291. The summed E-state index contributed by atoms with van der Waals surface area (Å²) in [4.78, 5) is 4.46. The van der Waals surface area contributed by atoms with Crippen LogP contribution in [0.3, 0.4) is 0 Å². The predicted octanol–water partition coefficient (Wildman–Crippen LogP) is 2.11. The zero-order valence-corrected chi connectivity index (χ0v) is 16.2. The smallest absolute Gasteiger partial charge is 0.213 e. The Kier molecular flexibility index (Phi) is 7.99. The Morgan fingerprint density at radius 1 is 1.32 bits per heavy atom. The molecule has 0 atom stereocenters. The Balaban J connectivity index is 1.78. The van der Waals surface area contributed by atoms with Crippen molar-refractivity contribution in [3.63, 3.8) is 0 Å². The molecule has 6 nitrogen and oxygen atoms in total. The Bertz CT molecular complexity index is 675. The van der Waals surface area contributed by atoms with Crippen LogP contribution in [0.2, 0.25) is 5.02 Å². The highest BCUT2D eigenvalue weighted by Crippen LogP contribution is 2.25. The number of hydrogen-bond acceptors (Lipinski definition) is 3. The van der Waals surface area contributed by atoms with E-state index in [-0.39, 0.29) is 5.75 Å². The lowest BCUT2D eigenvalue weighted by Crippen LogP contribution is -2.42. The zero-order chi connectivity index (χ0) is 18.1. The monoisotopic (exact) mass is 386 g/mol. The highest BCUT2D eigenvalue weighted by Gasteiger charge is 2.20. The van der Waals surface area contributed by atoms with E-state index in [2.05, 4.69) is 20.3 Å². The fraction of sp³-hybridized carbons (Fsp3) is 0.588. The van der Waals surface area contributed by atoms with Gasteiger partial charge in [0.15, 0.2) is 5.96 Å². The van der Waals surface area contributed by atoms with Gasteiger partial charge in [-0.2, -0.15) is 0 Å². The molecule has 1 aromatic rings. The summed E-state index contributed by atoms with van der Waals surface area (Å²) in [6.45, 7) is 4.01. The number of guanidine groups is 1. The van der Waals surface area contributed by atoms with E-state index in [1.54, 1.807) is 0 Å². The van der Waals surface area contributed by atoms with Gasteiger partial charge < -0.3 is 10.6 Å². The average Bonchev–Trinajstić information content (AvgIpc) is 2.51. The SMILES string of the molecule is CCNC(=NCc1cccc(Cl)c1)NCCS(=O)(=O)NCC1CCC1. The third kappa shape index (κ3) is 7.63. The van der Waals surface area contributed by atoms with E-state index >= 15 is 0 Å². The maximum absolute atomic E-state index is 12.0. The van der Waals surface area contributed by atoms with Crippen LogP contribution in [-0.4, -0.2) is 39.8 Å². The van der Waals surface area contributed by atoms with Crippen LogP contribution in [0.4, 0.5) is 0 Å². The van der Waals surface area contributed by atoms with Crippen LogP contribution in [0.5, 0.6) is 0 Å². The van der Waals surface area contributed by atoms with Gasteiger partial charge in [0.25, 0.3) is 0 Å². The number of halogens is 1. The van der Waals surface area contributed by atoms with Crippen LogP contribution in [0.15, 0.2) is 29.3 Å². The first-order valence-corrected chi connectivity index (χ1v) is 10.8. The number of hydrogen-bond donors (Lipinski definition) is 3. The number of nitrogens with one attached hydrogen (secondary N) is 3. The molecule has 0 amide bonds. The number of benzene rings is 1. The van der Waals surface area contributed by atoms with E-state index in [1.807, 2.05) is 31.2 Å². The van der Waals surface area contributed by atoms with Crippen molar-refractivity contribution in [1.82, 2.24) is 15.4 Å². The van der Waals surface area contributed by atoms with Crippen LogP contribution in [0.25, 0.3) is 0 Å². The number of nitrogens with zero attached hydrogens (tertiary/aromatic N) is 1. The molecule has 8 heteroatoms. The number of rotatable bonds is 9. The third-order valence-corrected chi connectivity index (χ3v) is 5.72. The molecule has 1 saturated carbocycles. The molecule has 0 aliphatic heterocycles. The summed E-state index contributed by atoms with van der Waals surface area (Å²) in [7, 11) is -3.25. The van der Waals surface area contributed by atoms with Gasteiger partial charge in [-0.15, -0.1) is 0 Å². The Labute approximate surface area is 155 Å². The Morgan fingerprint density at radius 2 is 2.12 bits per heavy atom. The summed E-state index contributed by atoms with van der Waals surface area (Å²) in [5.41, 5.74) is 1.000. The van der Waals surface area contributed by atoms with Crippen molar-refractivity contribution in [2.24, 2.45) is 10.9 Å². The first kappa shape index (κ1) is 20.0. The summed E-state index contributed by atoms with van der Waals surface area (Å²) >= 11 is 5.97. The van der Waals surface area contributed by atoms with Gasteiger partial charge in [-0.25, -0.2) is 18.1 Å². The number of aliphatic imine (C=N–C) groups is 1. The van der Waals surface area contributed by atoms with Crippen molar-refractivity contribution in [3.05, 3.63) is 34.9 Å². The van der Waals surface area contributed by atoms with Gasteiger partial charge in [-0.1, -0.05) is 30.2 Å². The second-order valence-corrected chi connectivity index (χ2v) is 8.58. The maximum atomic E-state index is 12.0. The van der Waals surface area contributed by atoms with Crippen LogP contribution in [0, 0.1) is 5.92 Å². The molecule has 0 bridgehead atoms. The molecule has 0 spiro atoms. The van der Waals surface area contributed by atoms with E-state index in [9.17, 15) is 8.42 Å². The van der Waals surface area contributed by atoms with E-state index in [0.29, 0.717) is 43.1 Å². The van der Waals surface area contributed by atoms with E-state index in [1.165, 1.54) is 6.42 Å². The van der Waals surface area contributed by atoms with Gasteiger partial charge in [0.2, 0.25) is 10.0 Å². The van der Waals surface area contributed by atoms with Crippen molar-refractivity contribution in [2.75, 3.05) is 25.4 Å². The first-order chi connectivity index (χ1) is 12.0. The molecule has 0 saturated heterocycles. The fourth-order valence-electron chi connectivity index (χ4n) is 2.47. The Hall–Kier alpha value is -1.31. The predicted molar refractivity (Wildman–Crippen MR) is 103 cm³/mol. The van der Waals surface area contributed by atoms with Gasteiger partial charge in [-0.05, 0) is 43.4 Å². The zero-order valence-electron chi connectivity index (χ0n) is 14.6. The van der Waals surface area contributed by atoms with Crippen LogP contribution < -0.4 is 15.4 Å². The molecular formula is C17H27ClN4O2S. The molecule has 0 aromatic heterocycles. The molecule has 1 aliphatic carbocycles. The second-order valence-electron chi connectivity index (χ2n) is 6.22. The van der Waals surface area contributed by atoms with Crippen molar-refractivity contribution in [2.45, 2.75) is 32.7 Å². The van der Waals surface area contributed by atoms with E-state index in [4.69, 9.17) is 11.6 Å². The van der Waals surface area contributed by atoms with Crippen LogP contribution in [0.1, 0.15) is 31.7 Å². The normalized spacial score (nSPS) is 15.7. The van der Waals surface area contributed by atoms with E-state index in [0.717, 1.165) is 18.4 Å². The molecule has 1 aliphatic rings. The minimum Gasteiger partial charge on any atom is -0.357 e. The lowest BCUT2D eigenvalue weighted by atomic mass is 9.86. The molecule has 2 rings (SSSR count). The molecular weight excluding hydrogens is 360 g/mol. The van der Waals surface area contributed by atoms with Gasteiger partial charge in [0, 0.05) is 24.7 Å². The average molecular weight is 387 g/mol. The highest BCUT2D eigenvalue weighted by atomic mass is 35.5. The van der Waals surface area contributed by atoms with Gasteiger partial charge in [0.05, 0.1) is 12.3 Å². The molecule has 0 unspecified atom stereocenters. The van der Waals surface area contributed by atoms with Crippen molar-refractivity contribution in [1.29, 1.82) is 0 Å². The largest absolute Gasteiger partial charge is 0.357 e. The molecule has 0 heterocycles. The third-order valence-electron chi connectivity index (χ3n) is 4.13. The van der Waals surface area contributed by atoms with Gasteiger partial charge in [-0.3, -0.25) is 0 Å². The maximum Gasteiger partial charge on any atom is 0.213 e. The van der Waals surface area contributed by atoms with Crippen molar-refractivity contribution < 1.29 is 8.42 Å². The quantitative estimate of drug-likeness (QED) is 0.448. The summed E-state index contributed by atoms with van der Waals surface area (Å²) < 4.78 is 26.7. The molecule has 25 heavy (non-hydrogen) atoms. The minimum atomic E-state index is -3.25. The molecule has 140 valence electrons. The second kappa shape index (κ2) is 9.99. The summed E-state index contributed by atoms with van der Waals surface area (Å²) in [6.07, 6.45) is 3.46. The standard InChI is InChI=1S/C17H27ClN4O2S/c1-2-19-17(21-12-15-7-4-8-16(18)11-15)20-9-10-25(23,24)22-13-14-5-3-6-14/h4,7-8,11,14,22H,2-3,5-6,9-10,12-13H2,1H3,(H2,19,20,21). The van der Waals surface area contributed by atoms with Crippen molar-refractivity contribution >= 4 is 27.6 Å².